The molecule has 2 rings (SSSR count). The first-order chi connectivity index (χ1) is 8.77. The Labute approximate surface area is 110 Å². The van der Waals surface area contributed by atoms with Crippen molar-refractivity contribution in [2.75, 3.05) is 6.61 Å². The molecule has 1 heteroatoms. The van der Waals surface area contributed by atoms with Gasteiger partial charge in [0.15, 0.2) is 0 Å². The van der Waals surface area contributed by atoms with Crippen molar-refractivity contribution in [3.8, 4) is 0 Å². The molecule has 0 spiro atoms. The van der Waals surface area contributed by atoms with Crippen LogP contribution in [0, 0.1) is 0 Å². The maximum atomic E-state index is 6.12. The molecule has 0 aliphatic rings. The summed E-state index contributed by atoms with van der Waals surface area (Å²) >= 11 is 0. The fourth-order valence-electron chi connectivity index (χ4n) is 2.81. The van der Waals surface area contributed by atoms with E-state index in [1.54, 1.807) is 0 Å². The molecule has 0 amide bonds. The topological polar surface area (TPSA) is 9.23 Å². The van der Waals surface area contributed by atoms with Gasteiger partial charge in [-0.05, 0) is 36.1 Å². The zero-order valence-electron chi connectivity index (χ0n) is 11.6. The second kappa shape index (κ2) is 5.53. The van der Waals surface area contributed by atoms with E-state index in [4.69, 9.17) is 4.74 Å². The van der Waals surface area contributed by atoms with E-state index in [1.807, 2.05) is 0 Å². The van der Waals surface area contributed by atoms with Crippen LogP contribution in [0.3, 0.4) is 0 Å². The molecule has 0 N–H and O–H groups in total. The van der Waals surface area contributed by atoms with Crippen LogP contribution in [-0.4, -0.2) is 6.61 Å². The van der Waals surface area contributed by atoms with Crippen molar-refractivity contribution in [2.24, 2.45) is 0 Å². The normalized spacial score (nSPS) is 11.9. The highest BCUT2D eigenvalue weighted by atomic mass is 16.5. The van der Waals surface area contributed by atoms with Crippen LogP contribution in [0.15, 0.2) is 42.5 Å². The van der Waals surface area contributed by atoms with Crippen LogP contribution in [0.5, 0.6) is 0 Å². The van der Waals surface area contributed by atoms with Crippen LogP contribution in [0.2, 0.25) is 0 Å². The molecule has 0 aliphatic heterocycles. The van der Waals surface area contributed by atoms with Crippen LogP contribution >= 0.6 is 0 Å². The largest absolute Gasteiger partial charge is 0.371 e. The summed E-state index contributed by atoms with van der Waals surface area (Å²) in [7, 11) is 0. The fraction of sp³-hybridized carbons (Fsp3) is 0.412. The Bertz CT molecular complexity index is 507. The van der Waals surface area contributed by atoms with Gasteiger partial charge in [-0.25, -0.2) is 0 Å². The second-order valence-corrected chi connectivity index (χ2v) is 4.66. The van der Waals surface area contributed by atoms with E-state index in [2.05, 4.69) is 63.2 Å². The lowest BCUT2D eigenvalue weighted by molar-refractivity contribution is -0.0494. The van der Waals surface area contributed by atoms with Gasteiger partial charge in [-0.15, -0.1) is 0 Å². The van der Waals surface area contributed by atoms with Gasteiger partial charge < -0.3 is 4.74 Å². The molecule has 0 aliphatic carbocycles. The highest BCUT2D eigenvalue weighted by Gasteiger charge is 2.30. The Balaban J connectivity index is 2.64. The molecule has 2 aromatic rings. The van der Waals surface area contributed by atoms with E-state index in [-0.39, 0.29) is 5.60 Å². The van der Waals surface area contributed by atoms with E-state index < -0.39 is 0 Å². The monoisotopic (exact) mass is 242 g/mol. The molecule has 0 saturated carbocycles. The standard InChI is InChI=1S/C17H22O/c1-4-17(5-2,18-6-3)16-13-9-11-14-10-7-8-12-15(14)16/h7-13H,4-6H2,1-3H3. The van der Waals surface area contributed by atoms with Crippen molar-refractivity contribution in [2.45, 2.75) is 39.2 Å². The zero-order valence-corrected chi connectivity index (χ0v) is 11.6. The average molecular weight is 242 g/mol. The van der Waals surface area contributed by atoms with Gasteiger partial charge in [0.25, 0.3) is 0 Å². The fourth-order valence-corrected chi connectivity index (χ4v) is 2.81. The molecular weight excluding hydrogens is 220 g/mol. The molecule has 0 aromatic heterocycles. The van der Waals surface area contributed by atoms with Crippen molar-refractivity contribution in [1.29, 1.82) is 0 Å². The molecule has 1 nitrogen and oxygen atoms in total. The molecule has 2 aromatic carbocycles. The summed E-state index contributed by atoms with van der Waals surface area (Å²) in [5, 5.41) is 2.61. The summed E-state index contributed by atoms with van der Waals surface area (Å²) < 4.78 is 6.12. The van der Waals surface area contributed by atoms with E-state index in [0.717, 1.165) is 19.4 Å². The number of fused-ring (bicyclic) bond motifs is 1. The van der Waals surface area contributed by atoms with Crippen LogP contribution in [0.4, 0.5) is 0 Å². The van der Waals surface area contributed by atoms with Gasteiger partial charge in [-0.2, -0.15) is 0 Å². The van der Waals surface area contributed by atoms with Crippen LogP contribution in [0.25, 0.3) is 10.8 Å². The minimum Gasteiger partial charge on any atom is -0.371 e. The Morgan fingerprint density at radius 1 is 0.889 bits per heavy atom. The van der Waals surface area contributed by atoms with Crippen molar-refractivity contribution in [3.63, 3.8) is 0 Å². The smallest absolute Gasteiger partial charge is 0.0931 e. The average Bonchev–Trinajstić information content (AvgIpc) is 2.44. The summed E-state index contributed by atoms with van der Waals surface area (Å²) in [6.45, 7) is 7.25. The summed E-state index contributed by atoms with van der Waals surface area (Å²) in [5.41, 5.74) is 1.18. The van der Waals surface area contributed by atoms with Crippen molar-refractivity contribution in [3.05, 3.63) is 48.0 Å². The molecule has 18 heavy (non-hydrogen) atoms. The third-order valence-electron chi connectivity index (χ3n) is 3.84. The predicted molar refractivity (Wildman–Crippen MR) is 77.8 cm³/mol. The third kappa shape index (κ3) is 2.15. The molecular formula is C17H22O. The van der Waals surface area contributed by atoms with Crippen LogP contribution in [-0.2, 0) is 10.3 Å². The van der Waals surface area contributed by atoms with Gasteiger partial charge in [0.1, 0.15) is 0 Å². The first-order valence-corrected chi connectivity index (χ1v) is 6.89. The first-order valence-electron chi connectivity index (χ1n) is 6.89. The second-order valence-electron chi connectivity index (χ2n) is 4.66. The van der Waals surface area contributed by atoms with Crippen LogP contribution < -0.4 is 0 Å². The van der Waals surface area contributed by atoms with Crippen molar-refractivity contribution in [1.82, 2.24) is 0 Å². The van der Waals surface area contributed by atoms with Gasteiger partial charge in [0, 0.05) is 6.61 Å². The summed E-state index contributed by atoms with van der Waals surface area (Å²) in [5.74, 6) is 0. The summed E-state index contributed by atoms with van der Waals surface area (Å²) in [6, 6.07) is 15.1. The summed E-state index contributed by atoms with van der Waals surface area (Å²) in [4.78, 5) is 0. The third-order valence-corrected chi connectivity index (χ3v) is 3.84. The van der Waals surface area contributed by atoms with Crippen molar-refractivity contribution < 1.29 is 4.74 Å². The molecule has 0 saturated heterocycles. The number of hydrogen-bond acceptors (Lipinski definition) is 1. The highest BCUT2D eigenvalue weighted by molar-refractivity contribution is 5.86. The van der Waals surface area contributed by atoms with Gasteiger partial charge in [0.05, 0.1) is 5.60 Å². The molecule has 0 fully saturated rings. The van der Waals surface area contributed by atoms with E-state index >= 15 is 0 Å². The maximum absolute atomic E-state index is 6.12. The minimum absolute atomic E-state index is 0.143. The minimum atomic E-state index is -0.143. The molecule has 0 bridgehead atoms. The predicted octanol–water partition coefficient (Wildman–Crippen LogP) is 4.89. The van der Waals surface area contributed by atoms with Gasteiger partial charge >= 0.3 is 0 Å². The Morgan fingerprint density at radius 3 is 2.22 bits per heavy atom. The Kier molecular flexibility index (Phi) is 4.03. The van der Waals surface area contributed by atoms with E-state index in [1.165, 1.54) is 16.3 Å². The van der Waals surface area contributed by atoms with Crippen molar-refractivity contribution >= 4 is 10.8 Å². The SMILES string of the molecule is CCOC(CC)(CC)c1cccc2ccccc12. The van der Waals surface area contributed by atoms with E-state index in [0.29, 0.717) is 0 Å². The molecule has 0 atom stereocenters. The van der Waals surface area contributed by atoms with Gasteiger partial charge in [-0.3, -0.25) is 0 Å². The molecule has 0 radical (unpaired) electrons. The number of ether oxygens (including phenoxy) is 1. The highest BCUT2D eigenvalue weighted by Crippen LogP contribution is 2.37. The lowest BCUT2D eigenvalue weighted by Gasteiger charge is -2.33. The Hall–Kier alpha value is -1.34. The Morgan fingerprint density at radius 2 is 1.56 bits per heavy atom. The summed E-state index contributed by atoms with van der Waals surface area (Å²) in [6.07, 6.45) is 2.01. The lowest BCUT2D eigenvalue weighted by atomic mass is 9.85. The maximum Gasteiger partial charge on any atom is 0.0931 e. The number of hydrogen-bond donors (Lipinski definition) is 0. The number of rotatable bonds is 5. The molecule has 0 heterocycles. The quantitative estimate of drug-likeness (QED) is 0.725. The zero-order chi connectivity index (χ0) is 13.0. The molecule has 96 valence electrons. The van der Waals surface area contributed by atoms with E-state index in [9.17, 15) is 0 Å². The lowest BCUT2D eigenvalue weighted by Crippen LogP contribution is -2.28. The van der Waals surface area contributed by atoms with Gasteiger partial charge in [-0.1, -0.05) is 56.3 Å². The molecule has 0 unspecified atom stereocenters. The van der Waals surface area contributed by atoms with Gasteiger partial charge in [0.2, 0.25) is 0 Å². The first kappa shape index (κ1) is 13.1. The number of benzene rings is 2. The van der Waals surface area contributed by atoms with Crippen LogP contribution in [0.1, 0.15) is 39.2 Å².